The Morgan fingerprint density at radius 1 is 1.25 bits per heavy atom. The molecule has 0 atom stereocenters. The van der Waals surface area contributed by atoms with Crippen molar-refractivity contribution < 1.29 is 19.0 Å². The first-order valence-corrected chi connectivity index (χ1v) is 6.43. The molecule has 1 aliphatic carbocycles. The summed E-state index contributed by atoms with van der Waals surface area (Å²) in [5.74, 6) is 1.34. The third kappa shape index (κ3) is 2.85. The largest absolute Gasteiger partial charge is 0.496 e. The monoisotopic (exact) mass is 274 g/mol. The number of fused-ring (bicyclic) bond motifs is 1. The average Bonchev–Trinajstić information content (AvgIpc) is 2.46. The summed E-state index contributed by atoms with van der Waals surface area (Å²) < 4.78 is 15.5. The van der Waals surface area contributed by atoms with E-state index in [0.717, 1.165) is 47.3 Å². The van der Waals surface area contributed by atoms with Gasteiger partial charge >= 0.3 is 5.97 Å². The maximum absolute atomic E-state index is 11.5. The van der Waals surface area contributed by atoms with Gasteiger partial charge in [-0.3, -0.25) is 4.79 Å². The van der Waals surface area contributed by atoms with Crippen molar-refractivity contribution in [1.82, 2.24) is 0 Å². The zero-order valence-electron chi connectivity index (χ0n) is 11.8. The SMILES string of the molecule is C=COC(=O)CC1=Cc2c(OC)ccc(OC)c2CC1. The van der Waals surface area contributed by atoms with Crippen molar-refractivity contribution in [2.45, 2.75) is 19.3 Å². The lowest BCUT2D eigenvalue weighted by molar-refractivity contribution is -0.137. The molecule has 0 saturated heterocycles. The minimum absolute atomic E-state index is 0.270. The second-order valence-electron chi connectivity index (χ2n) is 4.50. The van der Waals surface area contributed by atoms with E-state index in [9.17, 15) is 4.79 Å². The normalized spacial score (nSPS) is 13.0. The predicted octanol–water partition coefficient (Wildman–Crippen LogP) is 3.11. The van der Waals surface area contributed by atoms with Crippen LogP contribution in [0.3, 0.4) is 0 Å². The van der Waals surface area contributed by atoms with Crippen LogP contribution < -0.4 is 9.47 Å². The molecule has 2 rings (SSSR count). The topological polar surface area (TPSA) is 44.8 Å². The highest BCUT2D eigenvalue weighted by atomic mass is 16.5. The number of ether oxygens (including phenoxy) is 3. The number of hydrogen-bond acceptors (Lipinski definition) is 4. The smallest absolute Gasteiger partial charge is 0.314 e. The van der Waals surface area contributed by atoms with Crippen LogP contribution in [0.25, 0.3) is 6.08 Å². The number of hydrogen-bond donors (Lipinski definition) is 0. The summed E-state index contributed by atoms with van der Waals surface area (Å²) in [6.07, 6.45) is 5.05. The van der Waals surface area contributed by atoms with Crippen LogP contribution in [0.2, 0.25) is 0 Å². The van der Waals surface area contributed by atoms with Gasteiger partial charge in [-0.1, -0.05) is 18.2 Å². The highest BCUT2D eigenvalue weighted by Crippen LogP contribution is 2.37. The molecule has 106 valence electrons. The Balaban J connectivity index is 2.33. The second-order valence-corrected chi connectivity index (χ2v) is 4.50. The fourth-order valence-electron chi connectivity index (χ4n) is 2.43. The Kier molecular flexibility index (Phi) is 4.45. The summed E-state index contributed by atoms with van der Waals surface area (Å²) in [6.45, 7) is 3.38. The second kappa shape index (κ2) is 6.28. The van der Waals surface area contributed by atoms with Crippen LogP contribution in [0.15, 0.2) is 30.5 Å². The Morgan fingerprint density at radius 2 is 1.95 bits per heavy atom. The van der Waals surface area contributed by atoms with Crippen LogP contribution in [0.1, 0.15) is 24.0 Å². The molecule has 0 unspecified atom stereocenters. The minimum Gasteiger partial charge on any atom is -0.496 e. The van der Waals surface area contributed by atoms with Crippen molar-refractivity contribution in [3.8, 4) is 11.5 Å². The molecule has 0 amide bonds. The van der Waals surface area contributed by atoms with Gasteiger partial charge < -0.3 is 14.2 Å². The molecule has 20 heavy (non-hydrogen) atoms. The zero-order chi connectivity index (χ0) is 14.5. The fraction of sp³-hybridized carbons (Fsp3) is 0.312. The van der Waals surface area contributed by atoms with Gasteiger partial charge in [-0.05, 0) is 25.0 Å². The van der Waals surface area contributed by atoms with E-state index in [0.29, 0.717) is 0 Å². The summed E-state index contributed by atoms with van der Waals surface area (Å²) in [4.78, 5) is 11.5. The molecule has 0 radical (unpaired) electrons. The maximum atomic E-state index is 11.5. The lowest BCUT2D eigenvalue weighted by Gasteiger charge is -2.20. The van der Waals surface area contributed by atoms with Crippen molar-refractivity contribution in [3.05, 3.63) is 41.7 Å². The van der Waals surface area contributed by atoms with Crippen LogP contribution in [0, 0.1) is 0 Å². The molecule has 1 aliphatic rings. The number of carbonyl (C=O) groups is 1. The van der Waals surface area contributed by atoms with Crippen LogP contribution in [-0.4, -0.2) is 20.2 Å². The first-order valence-electron chi connectivity index (χ1n) is 6.43. The van der Waals surface area contributed by atoms with E-state index in [1.54, 1.807) is 14.2 Å². The van der Waals surface area contributed by atoms with Gasteiger partial charge in [0.05, 0.1) is 26.9 Å². The molecule has 0 spiro atoms. The molecule has 1 aromatic rings. The average molecular weight is 274 g/mol. The van der Waals surface area contributed by atoms with E-state index in [1.165, 1.54) is 0 Å². The Morgan fingerprint density at radius 3 is 2.60 bits per heavy atom. The van der Waals surface area contributed by atoms with Gasteiger partial charge in [0, 0.05) is 11.1 Å². The summed E-state index contributed by atoms with van der Waals surface area (Å²) in [5, 5.41) is 0. The van der Waals surface area contributed by atoms with Crippen LogP contribution in [0.4, 0.5) is 0 Å². The number of carbonyl (C=O) groups excluding carboxylic acids is 1. The van der Waals surface area contributed by atoms with Gasteiger partial charge in [-0.15, -0.1) is 0 Å². The van der Waals surface area contributed by atoms with Crippen molar-refractivity contribution in [1.29, 1.82) is 0 Å². The van der Waals surface area contributed by atoms with Crippen molar-refractivity contribution in [3.63, 3.8) is 0 Å². The maximum Gasteiger partial charge on any atom is 0.314 e. The Hall–Kier alpha value is -2.23. The summed E-state index contributed by atoms with van der Waals surface area (Å²) in [6, 6.07) is 3.78. The molecule has 0 fully saturated rings. The molecular weight excluding hydrogens is 256 g/mol. The highest BCUT2D eigenvalue weighted by molar-refractivity contribution is 5.77. The fourth-order valence-corrected chi connectivity index (χ4v) is 2.43. The number of methoxy groups -OCH3 is 2. The van der Waals surface area contributed by atoms with E-state index in [1.807, 2.05) is 18.2 Å². The number of rotatable bonds is 5. The molecule has 1 aromatic carbocycles. The van der Waals surface area contributed by atoms with Gasteiger partial charge in [0.25, 0.3) is 0 Å². The molecule has 4 heteroatoms. The van der Waals surface area contributed by atoms with Gasteiger partial charge in [-0.2, -0.15) is 0 Å². The lowest BCUT2D eigenvalue weighted by atomic mass is 9.89. The molecule has 0 heterocycles. The molecular formula is C16H18O4. The highest BCUT2D eigenvalue weighted by Gasteiger charge is 2.20. The summed E-state index contributed by atoms with van der Waals surface area (Å²) >= 11 is 0. The van der Waals surface area contributed by atoms with Crippen molar-refractivity contribution >= 4 is 12.0 Å². The Bertz CT molecular complexity index is 558. The van der Waals surface area contributed by atoms with E-state index in [-0.39, 0.29) is 12.4 Å². The molecule has 4 nitrogen and oxygen atoms in total. The van der Waals surface area contributed by atoms with Crippen molar-refractivity contribution in [2.24, 2.45) is 0 Å². The lowest BCUT2D eigenvalue weighted by Crippen LogP contribution is -2.08. The predicted molar refractivity (Wildman–Crippen MR) is 76.8 cm³/mol. The van der Waals surface area contributed by atoms with Crippen LogP contribution in [-0.2, 0) is 16.0 Å². The number of esters is 1. The van der Waals surface area contributed by atoms with Gasteiger partial charge in [0.2, 0.25) is 0 Å². The first kappa shape index (κ1) is 14.2. The summed E-state index contributed by atoms with van der Waals surface area (Å²) in [7, 11) is 3.29. The van der Waals surface area contributed by atoms with Gasteiger partial charge in [0.15, 0.2) is 0 Å². The van der Waals surface area contributed by atoms with E-state index < -0.39 is 0 Å². The van der Waals surface area contributed by atoms with Crippen LogP contribution in [0.5, 0.6) is 11.5 Å². The molecule has 0 bridgehead atoms. The quantitative estimate of drug-likeness (QED) is 0.611. The molecule has 0 aliphatic heterocycles. The van der Waals surface area contributed by atoms with Gasteiger partial charge in [0.1, 0.15) is 11.5 Å². The minimum atomic E-state index is -0.295. The number of benzene rings is 1. The van der Waals surface area contributed by atoms with E-state index in [4.69, 9.17) is 14.2 Å². The van der Waals surface area contributed by atoms with Gasteiger partial charge in [-0.25, -0.2) is 0 Å². The van der Waals surface area contributed by atoms with Crippen LogP contribution >= 0.6 is 0 Å². The van der Waals surface area contributed by atoms with E-state index >= 15 is 0 Å². The first-order chi connectivity index (χ1) is 9.69. The molecule has 0 N–H and O–H groups in total. The van der Waals surface area contributed by atoms with E-state index in [2.05, 4.69) is 6.58 Å². The third-order valence-corrected chi connectivity index (χ3v) is 3.34. The summed E-state index contributed by atoms with van der Waals surface area (Å²) in [5.41, 5.74) is 3.13. The standard InChI is InChI=1S/C16H18O4/c1-4-20-16(17)10-11-5-6-12-13(9-11)15(19-3)8-7-14(12)18-2/h4,7-9H,1,5-6,10H2,2-3H3. The molecule has 0 saturated carbocycles. The third-order valence-electron chi connectivity index (χ3n) is 3.34. The zero-order valence-corrected chi connectivity index (χ0v) is 11.8. The van der Waals surface area contributed by atoms with Crippen molar-refractivity contribution in [2.75, 3.05) is 14.2 Å². The Labute approximate surface area is 118 Å². The molecule has 0 aromatic heterocycles.